The number of hydrogen-bond acceptors (Lipinski definition) is 6. The smallest absolute Gasteiger partial charge is 0.271 e. The molecule has 1 atom stereocenters. The van der Waals surface area contributed by atoms with Crippen LogP contribution in [0.2, 0.25) is 0 Å². The van der Waals surface area contributed by atoms with Crippen molar-refractivity contribution in [3.63, 3.8) is 0 Å². The molecule has 2 aromatic rings. The van der Waals surface area contributed by atoms with Crippen molar-refractivity contribution in [1.29, 1.82) is 0 Å². The number of benzene rings is 1. The minimum absolute atomic E-state index is 0.216. The summed E-state index contributed by atoms with van der Waals surface area (Å²) in [5, 5.41) is 11.8. The van der Waals surface area contributed by atoms with Crippen molar-refractivity contribution in [2.75, 3.05) is 33.8 Å². The lowest BCUT2D eigenvalue weighted by molar-refractivity contribution is -0.0502. The van der Waals surface area contributed by atoms with Crippen LogP contribution in [-0.4, -0.2) is 66.5 Å². The van der Waals surface area contributed by atoms with Crippen LogP contribution in [0.15, 0.2) is 30.3 Å². The molecule has 7 heteroatoms. The molecular weight excluding hydrogens is 452 g/mol. The number of nitrogens with zero attached hydrogens (tertiary/aromatic N) is 3. The number of piperidine rings is 1. The lowest BCUT2D eigenvalue weighted by atomic mass is 9.91. The first-order valence-electron chi connectivity index (χ1n) is 13.6. The third-order valence-corrected chi connectivity index (χ3v) is 7.31. The van der Waals surface area contributed by atoms with Crippen molar-refractivity contribution in [3.8, 4) is 16.9 Å². The summed E-state index contributed by atoms with van der Waals surface area (Å²) in [5.41, 5.74) is 2.90. The van der Waals surface area contributed by atoms with Crippen LogP contribution < -0.4 is 10.1 Å². The van der Waals surface area contributed by atoms with E-state index in [4.69, 9.17) is 9.47 Å². The number of amides is 1. The fourth-order valence-electron chi connectivity index (χ4n) is 4.69. The molecule has 2 heterocycles. The molecule has 0 spiro atoms. The van der Waals surface area contributed by atoms with Gasteiger partial charge in [0, 0.05) is 32.3 Å². The maximum absolute atomic E-state index is 13.1. The van der Waals surface area contributed by atoms with Crippen LogP contribution in [0.3, 0.4) is 0 Å². The zero-order chi connectivity index (χ0) is 26.0. The van der Waals surface area contributed by atoms with Crippen molar-refractivity contribution in [3.05, 3.63) is 41.7 Å². The summed E-state index contributed by atoms with van der Waals surface area (Å²) in [6, 6.07) is 10.0. The van der Waals surface area contributed by atoms with Crippen molar-refractivity contribution in [2.45, 2.75) is 83.8 Å². The van der Waals surface area contributed by atoms with Gasteiger partial charge >= 0.3 is 0 Å². The van der Waals surface area contributed by atoms with Crippen molar-refractivity contribution in [1.82, 2.24) is 20.4 Å². The number of methoxy groups -OCH3 is 1. The van der Waals surface area contributed by atoms with Crippen molar-refractivity contribution < 1.29 is 14.3 Å². The Balaban J connectivity index is 1.77. The maximum Gasteiger partial charge on any atom is 0.271 e. The largest absolute Gasteiger partial charge is 0.490 e. The van der Waals surface area contributed by atoms with E-state index in [-0.39, 0.29) is 17.6 Å². The number of carbonyl (C=O) groups excluding carboxylic acids is 1. The first-order chi connectivity index (χ1) is 17.4. The Morgan fingerprint density at radius 2 is 1.83 bits per heavy atom. The molecule has 3 rings (SSSR count). The lowest BCUT2D eigenvalue weighted by Gasteiger charge is -2.39. The van der Waals surface area contributed by atoms with Crippen LogP contribution in [0, 0.1) is 0 Å². The fraction of sp³-hybridized carbons (Fsp3) is 0.621. The summed E-state index contributed by atoms with van der Waals surface area (Å²) in [4.78, 5) is 15.4. The number of likely N-dealkylation sites (tertiary alicyclic amines) is 1. The molecule has 1 N–H and O–H groups in total. The van der Waals surface area contributed by atoms with Gasteiger partial charge in [0.1, 0.15) is 5.75 Å². The van der Waals surface area contributed by atoms with Crippen molar-refractivity contribution >= 4 is 5.91 Å². The van der Waals surface area contributed by atoms with E-state index in [1.807, 2.05) is 18.2 Å². The minimum Gasteiger partial charge on any atom is -0.490 e. The Morgan fingerprint density at radius 1 is 1.11 bits per heavy atom. The van der Waals surface area contributed by atoms with Crippen LogP contribution >= 0.6 is 0 Å². The normalized spacial score (nSPS) is 16.5. The molecule has 1 amide bonds. The highest BCUT2D eigenvalue weighted by molar-refractivity contribution is 5.93. The van der Waals surface area contributed by atoms with E-state index in [1.165, 1.54) is 0 Å². The van der Waals surface area contributed by atoms with Gasteiger partial charge in [0.2, 0.25) is 0 Å². The number of nitrogens with one attached hydrogen (secondary N) is 1. The molecule has 1 aromatic heterocycles. The second-order valence-electron chi connectivity index (χ2n) is 10.0. The quantitative estimate of drug-likeness (QED) is 0.406. The molecule has 0 saturated carbocycles. The predicted molar refractivity (Wildman–Crippen MR) is 144 cm³/mol. The molecular formula is C29H44N4O3. The second-order valence-corrected chi connectivity index (χ2v) is 10.0. The monoisotopic (exact) mass is 496 g/mol. The number of unbranched alkanes of at least 4 members (excludes halogenated alkanes) is 1. The van der Waals surface area contributed by atoms with E-state index in [0.29, 0.717) is 12.2 Å². The van der Waals surface area contributed by atoms with Gasteiger partial charge in [-0.25, -0.2) is 0 Å². The molecule has 1 fully saturated rings. The molecule has 1 aromatic carbocycles. The van der Waals surface area contributed by atoms with Crippen LogP contribution in [0.1, 0.15) is 81.9 Å². The fourth-order valence-corrected chi connectivity index (χ4v) is 4.69. The minimum atomic E-state index is -0.330. The molecule has 1 unspecified atom stereocenters. The van der Waals surface area contributed by atoms with Crippen molar-refractivity contribution in [2.24, 2.45) is 0 Å². The highest BCUT2D eigenvalue weighted by Gasteiger charge is 2.34. The molecule has 0 bridgehead atoms. The number of aryl methyl sites for hydroxylation is 1. The number of ether oxygens (including phenoxy) is 2. The molecule has 0 aliphatic carbocycles. The first-order valence-corrected chi connectivity index (χ1v) is 13.6. The number of aromatic nitrogens is 2. The standard InChI is InChI=1S/C29H44N4O3/c1-6-9-11-26-25(22-12-14-24(15-13-22)36-23(8-3)10-7-2)20-27(32-31-26)28(34)30-21-29(35-5)16-18-33(4)19-17-29/h12-15,20,23H,6-11,16-19,21H2,1-5H3,(H,30,34). The summed E-state index contributed by atoms with van der Waals surface area (Å²) in [5.74, 6) is 0.656. The van der Waals surface area contributed by atoms with E-state index in [2.05, 4.69) is 60.4 Å². The molecule has 1 aliphatic heterocycles. The third kappa shape index (κ3) is 7.50. The van der Waals surface area contributed by atoms with E-state index < -0.39 is 0 Å². The summed E-state index contributed by atoms with van der Waals surface area (Å²) < 4.78 is 12.0. The highest BCUT2D eigenvalue weighted by Crippen LogP contribution is 2.28. The molecule has 198 valence electrons. The molecule has 0 radical (unpaired) electrons. The third-order valence-electron chi connectivity index (χ3n) is 7.31. The van der Waals surface area contributed by atoms with Gasteiger partial charge < -0.3 is 19.7 Å². The average Bonchev–Trinajstić information content (AvgIpc) is 2.91. The van der Waals surface area contributed by atoms with E-state index >= 15 is 0 Å². The SMILES string of the molecule is CCCCc1nnc(C(=O)NCC2(OC)CCN(C)CC2)cc1-c1ccc(OC(CC)CCC)cc1. The van der Waals surface area contributed by atoms with Gasteiger partial charge in [-0.15, -0.1) is 5.10 Å². The zero-order valence-electron chi connectivity index (χ0n) is 22.8. The number of carbonyl (C=O) groups is 1. The molecule has 7 nitrogen and oxygen atoms in total. The van der Waals surface area contributed by atoms with Gasteiger partial charge in [0.05, 0.1) is 17.4 Å². The summed E-state index contributed by atoms with van der Waals surface area (Å²) in [6.07, 6.45) is 8.07. The number of hydrogen-bond donors (Lipinski definition) is 1. The molecule has 36 heavy (non-hydrogen) atoms. The lowest BCUT2D eigenvalue weighted by Crippen LogP contribution is -2.51. The van der Waals surface area contributed by atoms with Gasteiger partial charge in [-0.05, 0) is 69.3 Å². The van der Waals surface area contributed by atoms with Gasteiger partial charge in [0.25, 0.3) is 5.91 Å². The summed E-state index contributed by atoms with van der Waals surface area (Å²) in [7, 11) is 3.84. The first kappa shape index (κ1) is 28.1. The Bertz CT molecular complexity index is 955. The van der Waals surface area contributed by atoms with Crippen LogP contribution in [-0.2, 0) is 11.2 Å². The predicted octanol–water partition coefficient (Wildman–Crippen LogP) is 5.28. The Morgan fingerprint density at radius 3 is 2.44 bits per heavy atom. The Kier molecular flexibility index (Phi) is 10.7. The maximum atomic E-state index is 13.1. The summed E-state index contributed by atoms with van der Waals surface area (Å²) in [6.45, 7) is 8.88. The van der Waals surface area contributed by atoms with Gasteiger partial charge in [0.15, 0.2) is 5.69 Å². The van der Waals surface area contributed by atoms with Crippen LogP contribution in [0.25, 0.3) is 11.1 Å². The van der Waals surface area contributed by atoms with E-state index in [9.17, 15) is 4.79 Å². The highest BCUT2D eigenvalue weighted by atomic mass is 16.5. The topological polar surface area (TPSA) is 76.6 Å². The average molecular weight is 497 g/mol. The van der Waals surface area contributed by atoms with Gasteiger partial charge in [-0.3, -0.25) is 4.79 Å². The second kappa shape index (κ2) is 13.7. The Hall–Kier alpha value is -2.51. The van der Waals surface area contributed by atoms with E-state index in [0.717, 1.165) is 87.0 Å². The van der Waals surface area contributed by atoms with Gasteiger partial charge in [-0.2, -0.15) is 5.10 Å². The summed E-state index contributed by atoms with van der Waals surface area (Å²) >= 11 is 0. The van der Waals surface area contributed by atoms with E-state index in [1.54, 1.807) is 7.11 Å². The van der Waals surface area contributed by atoms with Crippen LogP contribution in [0.5, 0.6) is 5.75 Å². The van der Waals surface area contributed by atoms with Gasteiger partial charge in [-0.1, -0.05) is 45.7 Å². The number of rotatable bonds is 13. The zero-order valence-corrected chi connectivity index (χ0v) is 22.8. The molecule has 1 aliphatic rings. The Labute approximate surface area is 217 Å². The van der Waals surface area contributed by atoms with Crippen LogP contribution in [0.4, 0.5) is 0 Å². The molecule has 1 saturated heterocycles.